The Kier molecular flexibility index (Phi) is 3.51. The Balaban J connectivity index is 1.97. The van der Waals surface area contributed by atoms with Gasteiger partial charge in [-0.3, -0.25) is 4.40 Å². The number of halogens is 1. The van der Waals surface area contributed by atoms with E-state index in [0.717, 1.165) is 15.6 Å². The molecule has 0 aliphatic heterocycles. The van der Waals surface area contributed by atoms with Gasteiger partial charge in [0, 0.05) is 15.4 Å². The fourth-order valence-electron chi connectivity index (χ4n) is 3.47. The van der Waals surface area contributed by atoms with Crippen LogP contribution in [0.15, 0.2) is 68.3 Å². The molecule has 2 N–H and O–H groups in total. The topological polar surface area (TPSA) is 97.3 Å². The molecule has 0 radical (unpaired) electrons. The van der Waals surface area contributed by atoms with Crippen LogP contribution in [0.4, 0.5) is 5.82 Å². The predicted molar refractivity (Wildman–Crippen MR) is 111 cm³/mol. The van der Waals surface area contributed by atoms with Crippen molar-refractivity contribution in [3.05, 3.63) is 75.1 Å². The lowest BCUT2D eigenvalue weighted by Crippen LogP contribution is -2.09. The normalized spacial score (nSPS) is 11.3. The number of fused-ring (bicyclic) bond motifs is 4. The molecule has 2 aromatic carbocycles. The number of hydrogen-bond acceptors (Lipinski definition) is 5. The molecular formula is C21H11BrN4O2. The highest BCUT2D eigenvalue weighted by atomic mass is 79.9. The number of aromatic nitrogens is 2. The molecule has 0 spiro atoms. The summed E-state index contributed by atoms with van der Waals surface area (Å²) in [6.07, 6.45) is 0. The molecule has 0 saturated carbocycles. The van der Waals surface area contributed by atoms with E-state index in [2.05, 4.69) is 27.0 Å². The van der Waals surface area contributed by atoms with Gasteiger partial charge in [-0.15, -0.1) is 0 Å². The van der Waals surface area contributed by atoms with E-state index in [0.29, 0.717) is 22.3 Å². The average Bonchev–Trinajstić information content (AvgIpc) is 3.08. The Morgan fingerprint density at radius 3 is 2.64 bits per heavy atom. The Morgan fingerprint density at radius 1 is 1.14 bits per heavy atom. The zero-order chi connectivity index (χ0) is 19.4. The molecule has 0 aliphatic carbocycles. The van der Waals surface area contributed by atoms with Crippen LogP contribution in [0.2, 0.25) is 0 Å². The number of nitrogens with two attached hydrogens (primary N) is 1. The van der Waals surface area contributed by atoms with Gasteiger partial charge in [0.2, 0.25) is 0 Å². The second-order valence-corrected chi connectivity index (χ2v) is 7.24. The highest BCUT2D eigenvalue weighted by Crippen LogP contribution is 2.32. The van der Waals surface area contributed by atoms with Crippen molar-refractivity contribution in [3.63, 3.8) is 0 Å². The van der Waals surface area contributed by atoms with E-state index in [1.54, 1.807) is 10.5 Å². The minimum atomic E-state index is -0.593. The van der Waals surface area contributed by atoms with Crippen LogP contribution in [0, 0.1) is 11.3 Å². The number of pyridine rings is 1. The highest BCUT2D eigenvalue weighted by molar-refractivity contribution is 9.10. The maximum absolute atomic E-state index is 12.8. The fraction of sp³-hybridized carbons (Fsp3) is 0. The van der Waals surface area contributed by atoms with Gasteiger partial charge in [-0.05, 0) is 30.3 Å². The number of nitriles is 1. The monoisotopic (exact) mass is 430 g/mol. The van der Waals surface area contributed by atoms with Crippen molar-refractivity contribution in [2.24, 2.45) is 0 Å². The van der Waals surface area contributed by atoms with Crippen LogP contribution in [0.1, 0.15) is 5.56 Å². The van der Waals surface area contributed by atoms with Crippen molar-refractivity contribution < 1.29 is 4.42 Å². The molecule has 5 aromatic rings. The summed E-state index contributed by atoms with van der Waals surface area (Å²) in [5.41, 5.74) is 8.59. The number of nitrogens with zero attached hydrogens (tertiary/aromatic N) is 3. The van der Waals surface area contributed by atoms with Gasteiger partial charge in [0.25, 0.3) is 0 Å². The number of benzene rings is 2. The van der Waals surface area contributed by atoms with Crippen LogP contribution in [0.3, 0.4) is 0 Å². The van der Waals surface area contributed by atoms with Crippen molar-refractivity contribution >= 4 is 49.2 Å². The van der Waals surface area contributed by atoms with Crippen molar-refractivity contribution in [2.45, 2.75) is 0 Å². The molecular weight excluding hydrogens is 420 g/mol. The van der Waals surface area contributed by atoms with Crippen LogP contribution in [-0.2, 0) is 0 Å². The summed E-state index contributed by atoms with van der Waals surface area (Å²) in [6.45, 7) is 0. The quantitative estimate of drug-likeness (QED) is 0.422. The Hall–Kier alpha value is -3.63. The van der Waals surface area contributed by atoms with Gasteiger partial charge >= 0.3 is 5.63 Å². The van der Waals surface area contributed by atoms with E-state index in [1.165, 1.54) is 0 Å². The Bertz CT molecular complexity index is 1510. The van der Waals surface area contributed by atoms with E-state index in [4.69, 9.17) is 10.2 Å². The van der Waals surface area contributed by atoms with Gasteiger partial charge in [0.05, 0.1) is 11.0 Å². The van der Waals surface area contributed by atoms with Gasteiger partial charge in [0.1, 0.15) is 28.6 Å². The van der Waals surface area contributed by atoms with E-state index < -0.39 is 5.63 Å². The Morgan fingerprint density at radius 2 is 1.89 bits per heavy atom. The first-order valence-electron chi connectivity index (χ1n) is 8.41. The third-order valence-corrected chi connectivity index (χ3v) is 5.27. The summed E-state index contributed by atoms with van der Waals surface area (Å²) in [4.78, 5) is 17.4. The predicted octanol–water partition coefficient (Wildman–Crippen LogP) is 4.48. The summed E-state index contributed by atoms with van der Waals surface area (Å²) in [5, 5.41) is 10.5. The highest BCUT2D eigenvalue weighted by Gasteiger charge is 2.20. The molecule has 6 nitrogen and oxygen atoms in total. The number of nitrogen functional groups attached to an aromatic ring is 1. The van der Waals surface area contributed by atoms with E-state index in [9.17, 15) is 10.1 Å². The third-order valence-electron chi connectivity index (χ3n) is 4.74. The summed E-state index contributed by atoms with van der Waals surface area (Å²) >= 11 is 3.39. The maximum Gasteiger partial charge on any atom is 0.347 e. The number of hydrogen-bond donors (Lipinski definition) is 1. The zero-order valence-electron chi connectivity index (χ0n) is 14.3. The molecule has 0 unspecified atom stereocenters. The first kappa shape index (κ1) is 16.5. The molecule has 3 heterocycles. The second kappa shape index (κ2) is 5.94. The number of imidazole rings is 1. The van der Waals surface area contributed by atoms with Crippen LogP contribution in [-0.4, -0.2) is 9.38 Å². The minimum Gasteiger partial charge on any atom is -0.422 e. The van der Waals surface area contributed by atoms with Gasteiger partial charge in [0.15, 0.2) is 5.65 Å². The fourth-order valence-corrected chi connectivity index (χ4v) is 3.73. The molecule has 0 bridgehead atoms. The van der Waals surface area contributed by atoms with Crippen molar-refractivity contribution in [2.75, 3.05) is 5.73 Å². The van der Waals surface area contributed by atoms with E-state index in [-0.39, 0.29) is 16.8 Å². The second-order valence-electron chi connectivity index (χ2n) is 6.33. The lowest BCUT2D eigenvalue weighted by molar-refractivity contribution is 0.534. The molecule has 0 saturated heterocycles. The van der Waals surface area contributed by atoms with Crippen LogP contribution in [0.25, 0.3) is 38.8 Å². The lowest BCUT2D eigenvalue weighted by atomic mass is 10.1. The molecule has 28 heavy (non-hydrogen) atoms. The largest absolute Gasteiger partial charge is 0.422 e. The first-order valence-corrected chi connectivity index (χ1v) is 9.20. The van der Waals surface area contributed by atoms with Gasteiger partial charge in [-0.2, -0.15) is 5.26 Å². The molecule has 0 fully saturated rings. The smallest absolute Gasteiger partial charge is 0.347 e. The maximum atomic E-state index is 12.8. The van der Waals surface area contributed by atoms with E-state index in [1.807, 2.05) is 48.5 Å². The summed E-state index contributed by atoms with van der Waals surface area (Å²) in [5.74, 6) is 0.565. The van der Waals surface area contributed by atoms with E-state index >= 15 is 0 Å². The van der Waals surface area contributed by atoms with Crippen molar-refractivity contribution in [1.82, 2.24) is 9.38 Å². The van der Waals surface area contributed by atoms with Crippen LogP contribution < -0.4 is 11.4 Å². The molecule has 3 aromatic heterocycles. The summed E-state index contributed by atoms with van der Waals surface area (Å²) < 4.78 is 8.08. The van der Waals surface area contributed by atoms with Crippen molar-refractivity contribution in [1.29, 1.82) is 5.26 Å². The van der Waals surface area contributed by atoms with Crippen molar-refractivity contribution in [3.8, 4) is 17.4 Å². The lowest BCUT2D eigenvalue weighted by Gasteiger charge is -2.09. The molecule has 0 amide bonds. The summed E-state index contributed by atoms with van der Waals surface area (Å²) in [6, 6.07) is 18.6. The first-order chi connectivity index (χ1) is 13.6. The van der Waals surface area contributed by atoms with Gasteiger partial charge in [-0.1, -0.05) is 40.2 Å². The number of para-hydroxylation sites is 2. The average molecular weight is 431 g/mol. The third kappa shape index (κ3) is 2.25. The minimum absolute atomic E-state index is 0.174. The van der Waals surface area contributed by atoms with Gasteiger partial charge in [-0.25, -0.2) is 9.78 Å². The molecule has 0 atom stereocenters. The molecule has 0 aliphatic rings. The van der Waals surface area contributed by atoms with Gasteiger partial charge < -0.3 is 10.2 Å². The molecule has 7 heteroatoms. The zero-order valence-corrected chi connectivity index (χ0v) is 15.9. The standard InChI is InChI=1S/C21H11BrN4O2/c22-12-7-5-11(6-8-12)17-9-13-14(10-23)20-25-15-3-1-2-4-16(15)26(20)19(24)18(13)21(27)28-17/h1-9H,24H2. The molecule has 134 valence electrons. The number of rotatable bonds is 1. The van der Waals surface area contributed by atoms with Crippen LogP contribution in [0.5, 0.6) is 0 Å². The van der Waals surface area contributed by atoms with Crippen LogP contribution >= 0.6 is 15.9 Å². The molecule has 5 rings (SSSR count). The SMILES string of the molecule is N#Cc1c2cc(-c3ccc(Br)cc3)oc(=O)c2c(N)n2c1nc1ccccc12. The number of anilines is 1. The summed E-state index contributed by atoms with van der Waals surface area (Å²) in [7, 11) is 0. The Labute approximate surface area is 166 Å².